The molecule has 0 bridgehead atoms. The standard InChI is InChI=1S/C69H57BN2S3/c1-66(2,3)40-26-31-43(32-27-40)71-52-36-35-51-59(45-18-10-12-20-48(45)69(51)49-21-13-16-24-56(49)74-57-25-17-14-22-50(57)69)61(52)70-62-53(39-58-60(64(62)71)46-19-11-15-23-54(46)73-58)72(44-33-28-41(29-34-44)67(4,5)6)63-47-38-42(68(7,8)9)30-37-55(47)75-65(63)70/h10-39H,1-9H3. The Labute approximate surface area is 453 Å². The molecule has 364 valence electrons. The van der Waals surface area contributed by atoms with Crippen LogP contribution in [-0.4, -0.2) is 6.71 Å². The first-order valence-electron chi connectivity index (χ1n) is 26.6. The molecule has 15 rings (SSSR count). The van der Waals surface area contributed by atoms with Crippen molar-refractivity contribution in [3.63, 3.8) is 0 Å². The predicted molar refractivity (Wildman–Crippen MR) is 326 cm³/mol. The van der Waals surface area contributed by atoms with Crippen LogP contribution in [0.2, 0.25) is 0 Å². The summed E-state index contributed by atoms with van der Waals surface area (Å²) in [7, 11) is 0. The molecule has 11 aromatic rings. The lowest BCUT2D eigenvalue weighted by molar-refractivity contribution is 0.590. The van der Waals surface area contributed by atoms with Gasteiger partial charge in [-0.2, -0.15) is 0 Å². The highest BCUT2D eigenvalue weighted by molar-refractivity contribution is 7.99. The molecular weight excluding hydrogens is 964 g/mol. The minimum Gasteiger partial charge on any atom is -0.311 e. The number of anilines is 6. The molecule has 75 heavy (non-hydrogen) atoms. The van der Waals surface area contributed by atoms with Gasteiger partial charge in [0, 0.05) is 67.6 Å². The molecule has 4 aliphatic rings. The normalized spacial score (nSPS) is 15.0. The molecule has 0 saturated carbocycles. The lowest BCUT2D eigenvalue weighted by atomic mass is 9.35. The molecule has 2 aromatic heterocycles. The molecule has 5 heterocycles. The molecular formula is C69H57BN2S3. The Balaban J connectivity index is 1.14. The first-order chi connectivity index (χ1) is 36.1. The average molecular weight is 1020 g/mol. The quantitative estimate of drug-likeness (QED) is 0.159. The second-order valence-corrected chi connectivity index (χ2v) is 27.7. The molecule has 0 saturated heterocycles. The monoisotopic (exact) mass is 1020 g/mol. The van der Waals surface area contributed by atoms with Crippen molar-refractivity contribution in [3.8, 4) is 11.1 Å². The van der Waals surface area contributed by atoms with E-state index in [1.807, 2.05) is 34.4 Å². The Morgan fingerprint density at radius 2 is 0.960 bits per heavy atom. The summed E-state index contributed by atoms with van der Waals surface area (Å²) < 4.78 is 5.34. The van der Waals surface area contributed by atoms with Crippen molar-refractivity contribution in [2.24, 2.45) is 0 Å². The van der Waals surface area contributed by atoms with Gasteiger partial charge in [-0.25, -0.2) is 0 Å². The zero-order chi connectivity index (χ0) is 51.1. The number of nitrogens with zero attached hydrogens (tertiary/aromatic N) is 2. The van der Waals surface area contributed by atoms with Crippen LogP contribution in [-0.2, 0) is 21.7 Å². The van der Waals surface area contributed by atoms with Crippen LogP contribution in [0.15, 0.2) is 192 Å². The Bertz CT molecular complexity index is 4190. The highest BCUT2D eigenvalue weighted by atomic mass is 32.2. The van der Waals surface area contributed by atoms with Crippen LogP contribution in [0.25, 0.3) is 41.4 Å². The SMILES string of the molecule is CC(C)(C)c1ccc(N2c3cc4sc5ccccc5c4c4c3B(c3sc5ccc(C(C)(C)C)cc5c32)c2c(ccc3c2-c2ccccc2C32c3ccccc3Sc3ccccc32)N4c2ccc(C(C)(C)C)cc2)cc1. The van der Waals surface area contributed by atoms with Gasteiger partial charge in [0.25, 0.3) is 6.71 Å². The van der Waals surface area contributed by atoms with E-state index in [0.29, 0.717) is 0 Å². The van der Waals surface area contributed by atoms with Crippen LogP contribution in [0.3, 0.4) is 0 Å². The smallest absolute Gasteiger partial charge is 0.265 e. The van der Waals surface area contributed by atoms with E-state index in [9.17, 15) is 0 Å². The average Bonchev–Trinajstić information content (AvgIpc) is 4.29. The van der Waals surface area contributed by atoms with E-state index < -0.39 is 5.41 Å². The maximum absolute atomic E-state index is 2.70. The Hall–Kier alpha value is -6.83. The van der Waals surface area contributed by atoms with Gasteiger partial charge in [0.05, 0.1) is 16.8 Å². The summed E-state index contributed by atoms with van der Waals surface area (Å²) in [6, 6.07) is 71.2. The van der Waals surface area contributed by atoms with Crippen molar-refractivity contribution < 1.29 is 0 Å². The molecule has 0 atom stereocenters. The molecule has 0 N–H and O–H groups in total. The van der Waals surface area contributed by atoms with Gasteiger partial charge in [-0.3, -0.25) is 0 Å². The van der Waals surface area contributed by atoms with Crippen LogP contribution in [0.1, 0.15) is 101 Å². The molecule has 1 spiro atoms. The molecule has 0 unspecified atom stereocenters. The second kappa shape index (κ2) is 15.6. The minimum absolute atomic E-state index is 0.00333. The van der Waals surface area contributed by atoms with Gasteiger partial charge in [0.2, 0.25) is 0 Å². The van der Waals surface area contributed by atoms with Gasteiger partial charge in [-0.15, -0.1) is 22.7 Å². The van der Waals surface area contributed by atoms with E-state index in [2.05, 4.69) is 254 Å². The second-order valence-electron chi connectivity index (χ2n) is 24.4. The number of thiophene rings is 2. The van der Waals surface area contributed by atoms with Gasteiger partial charge < -0.3 is 9.80 Å². The number of hydrogen-bond donors (Lipinski definition) is 0. The maximum atomic E-state index is 2.70. The third-order valence-electron chi connectivity index (χ3n) is 17.0. The molecule has 1 aliphatic carbocycles. The van der Waals surface area contributed by atoms with Crippen molar-refractivity contribution in [3.05, 3.63) is 221 Å². The maximum Gasteiger partial charge on any atom is 0.265 e. The van der Waals surface area contributed by atoms with E-state index in [1.54, 1.807) is 0 Å². The first kappa shape index (κ1) is 45.6. The number of fused-ring (bicyclic) bond motifs is 20. The molecule has 0 fully saturated rings. The van der Waals surface area contributed by atoms with E-state index in [4.69, 9.17) is 0 Å². The van der Waals surface area contributed by atoms with Gasteiger partial charge in [0.15, 0.2) is 0 Å². The molecule has 9 aromatic carbocycles. The Morgan fingerprint density at radius 3 is 1.60 bits per heavy atom. The van der Waals surface area contributed by atoms with E-state index in [0.717, 1.165) is 0 Å². The van der Waals surface area contributed by atoms with Crippen LogP contribution in [0, 0.1) is 0 Å². The van der Waals surface area contributed by atoms with E-state index in [1.165, 1.54) is 140 Å². The van der Waals surface area contributed by atoms with Crippen LogP contribution < -0.4 is 25.5 Å². The molecule has 2 nitrogen and oxygen atoms in total. The molecule has 6 heteroatoms. The topological polar surface area (TPSA) is 6.48 Å². The van der Waals surface area contributed by atoms with Crippen molar-refractivity contribution >= 4 is 121 Å². The van der Waals surface area contributed by atoms with Gasteiger partial charge >= 0.3 is 0 Å². The van der Waals surface area contributed by atoms with Crippen molar-refractivity contribution in [1.82, 2.24) is 0 Å². The summed E-state index contributed by atoms with van der Waals surface area (Å²) in [5, 5.41) is 3.96. The third kappa shape index (κ3) is 6.28. The largest absolute Gasteiger partial charge is 0.311 e. The van der Waals surface area contributed by atoms with Crippen molar-refractivity contribution in [2.75, 3.05) is 9.80 Å². The summed E-state index contributed by atoms with van der Waals surface area (Å²) in [6.45, 7) is 20.9. The predicted octanol–water partition coefficient (Wildman–Crippen LogP) is 18.1. The van der Waals surface area contributed by atoms with Gasteiger partial charge in [0.1, 0.15) is 0 Å². The Morgan fingerprint density at radius 1 is 0.413 bits per heavy atom. The fraction of sp³-hybridized carbons (Fsp3) is 0.188. The summed E-state index contributed by atoms with van der Waals surface area (Å²) in [6.07, 6.45) is 0. The lowest BCUT2D eigenvalue weighted by Crippen LogP contribution is -2.61. The molecule has 0 amide bonds. The zero-order valence-electron chi connectivity index (χ0n) is 44.0. The van der Waals surface area contributed by atoms with Crippen molar-refractivity contribution in [2.45, 2.75) is 93.8 Å². The highest BCUT2D eigenvalue weighted by Crippen LogP contribution is 2.63. The van der Waals surface area contributed by atoms with Crippen LogP contribution >= 0.6 is 34.4 Å². The number of hydrogen-bond acceptors (Lipinski definition) is 5. The Kier molecular flexibility index (Phi) is 9.50. The fourth-order valence-electron chi connectivity index (χ4n) is 13.4. The minimum atomic E-state index is -0.519. The summed E-state index contributed by atoms with van der Waals surface area (Å²) in [5.41, 5.74) is 21.9. The van der Waals surface area contributed by atoms with Crippen molar-refractivity contribution in [1.29, 1.82) is 0 Å². The van der Waals surface area contributed by atoms with Gasteiger partial charge in [-0.05, 0) is 144 Å². The first-order valence-corrected chi connectivity index (χ1v) is 29.1. The fourth-order valence-corrected chi connectivity index (χ4v) is 17.0. The molecule has 3 aliphatic heterocycles. The summed E-state index contributed by atoms with van der Waals surface area (Å²) in [5.74, 6) is 0. The van der Waals surface area contributed by atoms with E-state index in [-0.39, 0.29) is 23.0 Å². The van der Waals surface area contributed by atoms with Crippen LogP contribution in [0.4, 0.5) is 34.1 Å². The molecule has 0 radical (unpaired) electrons. The third-order valence-corrected chi connectivity index (χ3v) is 20.5. The van der Waals surface area contributed by atoms with E-state index >= 15 is 0 Å². The zero-order valence-corrected chi connectivity index (χ0v) is 46.5. The van der Waals surface area contributed by atoms with Gasteiger partial charge in [-0.1, -0.05) is 189 Å². The number of rotatable bonds is 2. The number of benzene rings is 9. The lowest BCUT2D eigenvalue weighted by Gasteiger charge is -2.45. The summed E-state index contributed by atoms with van der Waals surface area (Å²) >= 11 is 5.86. The highest BCUT2D eigenvalue weighted by Gasteiger charge is 2.55. The summed E-state index contributed by atoms with van der Waals surface area (Å²) in [4.78, 5) is 8.02. The van der Waals surface area contributed by atoms with Crippen LogP contribution in [0.5, 0.6) is 0 Å².